The fraction of sp³-hybridized carbons (Fsp3) is 0.357. The predicted octanol–water partition coefficient (Wildman–Crippen LogP) is 5.09. The molecule has 16 heteroatoms. The van der Waals surface area contributed by atoms with Crippen LogP contribution in [0.1, 0.15) is 28.1 Å². The van der Waals surface area contributed by atoms with Crippen molar-refractivity contribution in [3.05, 3.63) is 81.2 Å². The molecule has 3 heterocycles. The minimum absolute atomic E-state index is 0.0445. The Morgan fingerprint density at radius 3 is 2.25 bits per heavy atom. The molecule has 2 atom stereocenters. The molecule has 3 aromatic rings. The van der Waals surface area contributed by atoms with Gasteiger partial charge in [0.1, 0.15) is 0 Å². The number of amides is 3. The molecule has 2 aromatic carbocycles. The van der Waals surface area contributed by atoms with E-state index in [9.17, 15) is 41.3 Å². The molecule has 2 unspecified atom stereocenters. The monoisotopic (exact) mass is 652 g/mol. The van der Waals surface area contributed by atoms with Gasteiger partial charge in [0.15, 0.2) is 0 Å². The van der Waals surface area contributed by atoms with Crippen molar-refractivity contribution in [3.63, 3.8) is 0 Å². The van der Waals surface area contributed by atoms with Gasteiger partial charge in [-0.3, -0.25) is 19.1 Å². The maximum atomic E-state index is 13.2. The van der Waals surface area contributed by atoms with Gasteiger partial charge >= 0.3 is 12.2 Å². The van der Waals surface area contributed by atoms with Crippen molar-refractivity contribution in [2.75, 3.05) is 33.2 Å². The Labute approximate surface area is 254 Å². The number of non-ortho nitro benzene ring substituents is 1. The lowest BCUT2D eigenvalue weighted by atomic mass is 10.1. The standard InChI is InChI=1S/C28H27F3N4O7S2/c1-32(26(36)25-11-10-24(43-25)18-2-4-19(5-3-18)28(29,30)31)21-12-14-33(16-21)27(37)34-15-13-22(17-34)42-44(40,41)23-8-6-20(7-9-23)35(38)39/h2-11,21-22H,12-17H2,1H3. The van der Waals surface area contributed by atoms with E-state index in [4.69, 9.17) is 4.18 Å². The average molecular weight is 653 g/mol. The summed E-state index contributed by atoms with van der Waals surface area (Å²) in [6.07, 6.45) is -4.39. The van der Waals surface area contributed by atoms with Gasteiger partial charge in [-0.25, -0.2) is 4.79 Å². The fourth-order valence-electron chi connectivity index (χ4n) is 5.15. The van der Waals surface area contributed by atoms with Gasteiger partial charge in [0.25, 0.3) is 21.7 Å². The second-order valence-corrected chi connectivity index (χ2v) is 13.1. The molecule has 2 aliphatic rings. The van der Waals surface area contributed by atoms with Crippen LogP contribution >= 0.6 is 11.3 Å². The average Bonchev–Trinajstić information content (AvgIpc) is 3.77. The van der Waals surface area contributed by atoms with Gasteiger partial charge in [-0.15, -0.1) is 11.3 Å². The lowest BCUT2D eigenvalue weighted by Gasteiger charge is -2.27. The summed E-state index contributed by atoms with van der Waals surface area (Å²) < 4.78 is 69.2. The van der Waals surface area contributed by atoms with Gasteiger partial charge in [0, 0.05) is 43.7 Å². The van der Waals surface area contributed by atoms with Crippen LogP contribution in [0, 0.1) is 10.1 Å². The molecule has 2 saturated heterocycles. The molecule has 0 saturated carbocycles. The van der Waals surface area contributed by atoms with E-state index in [1.165, 1.54) is 28.4 Å². The highest BCUT2D eigenvalue weighted by atomic mass is 32.2. The molecular weight excluding hydrogens is 625 g/mol. The Morgan fingerprint density at radius 2 is 1.61 bits per heavy atom. The van der Waals surface area contributed by atoms with Crippen molar-refractivity contribution in [2.45, 2.75) is 36.1 Å². The minimum atomic E-state index is -4.43. The Balaban J connectivity index is 1.14. The van der Waals surface area contributed by atoms with Crippen molar-refractivity contribution < 1.29 is 40.3 Å². The summed E-state index contributed by atoms with van der Waals surface area (Å²) in [6.45, 7) is 0.993. The maximum Gasteiger partial charge on any atom is 0.416 e. The van der Waals surface area contributed by atoms with Crippen LogP contribution in [-0.2, 0) is 20.5 Å². The van der Waals surface area contributed by atoms with Gasteiger partial charge in [0.05, 0.1) is 38.9 Å². The zero-order valence-corrected chi connectivity index (χ0v) is 24.9. The van der Waals surface area contributed by atoms with Crippen molar-refractivity contribution >= 4 is 39.1 Å². The van der Waals surface area contributed by atoms with E-state index in [0.29, 0.717) is 28.3 Å². The molecule has 5 rings (SSSR count). The fourth-order valence-corrected chi connectivity index (χ4v) is 7.24. The van der Waals surface area contributed by atoms with Crippen LogP contribution in [0.15, 0.2) is 65.6 Å². The number of nitro groups is 1. The Morgan fingerprint density at radius 1 is 0.977 bits per heavy atom. The first-order valence-electron chi connectivity index (χ1n) is 13.5. The van der Waals surface area contributed by atoms with E-state index in [0.717, 1.165) is 36.4 Å². The summed E-state index contributed by atoms with van der Waals surface area (Å²) in [4.78, 5) is 42.1. The number of likely N-dealkylation sites (tertiary alicyclic amines) is 2. The van der Waals surface area contributed by atoms with E-state index >= 15 is 0 Å². The predicted molar refractivity (Wildman–Crippen MR) is 154 cm³/mol. The summed E-state index contributed by atoms with van der Waals surface area (Å²) in [7, 11) is -2.56. The largest absolute Gasteiger partial charge is 0.416 e. The topological polar surface area (TPSA) is 130 Å². The Kier molecular flexibility index (Phi) is 8.68. The van der Waals surface area contributed by atoms with Crippen molar-refractivity contribution in [1.82, 2.24) is 14.7 Å². The lowest BCUT2D eigenvalue weighted by Crippen LogP contribution is -2.44. The first-order chi connectivity index (χ1) is 20.7. The third-order valence-corrected chi connectivity index (χ3v) is 10.1. The highest BCUT2D eigenvalue weighted by molar-refractivity contribution is 7.86. The first-order valence-corrected chi connectivity index (χ1v) is 15.7. The number of carbonyl (C=O) groups excluding carboxylic acids is 2. The second kappa shape index (κ2) is 12.2. The van der Waals surface area contributed by atoms with Crippen LogP contribution in [0.4, 0.5) is 23.7 Å². The van der Waals surface area contributed by atoms with E-state index in [1.807, 2.05) is 0 Å². The van der Waals surface area contributed by atoms with Crippen LogP contribution in [0.3, 0.4) is 0 Å². The quantitative estimate of drug-likeness (QED) is 0.198. The number of benzene rings is 2. The van der Waals surface area contributed by atoms with Crippen LogP contribution in [-0.4, -0.2) is 85.4 Å². The highest BCUT2D eigenvalue weighted by Crippen LogP contribution is 2.34. The number of rotatable bonds is 7. The van der Waals surface area contributed by atoms with Crippen LogP contribution in [0.25, 0.3) is 10.4 Å². The highest BCUT2D eigenvalue weighted by Gasteiger charge is 2.37. The number of urea groups is 1. The summed E-state index contributed by atoms with van der Waals surface area (Å²) in [6, 6.07) is 11.8. The number of carbonyl (C=O) groups is 2. The summed E-state index contributed by atoms with van der Waals surface area (Å²) >= 11 is 1.17. The zero-order chi connectivity index (χ0) is 31.8. The number of alkyl halides is 3. The van der Waals surface area contributed by atoms with Gasteiger partial charge in [-0.1, -0.05) is 12.1 Å². The number of nitro benzene ring substituents is 1. The summed E-state index contributed by atoms with van der Waals surface area (Å²) in [5, 5.41) is 10.8. The smallest absolute Gasteiger partial charge is 0.336 e. The summed E-state index contributed by atoms with van der Waals surface area (Å²) in [5.41, 5.74) is -0.439. The maximum absolute atomic E-state index is 13.2. The summed E-state index contributed by atoms with van der Waals surface area (Å²) in [5.74, 6) is -0.265. The molecule has 0 N–H and O–H groups in total. The normalized spacial score (nSPS) is 18.9. The Hall–Kier alpha value is -4.02. The van der Waals surface area contributed by atoms with Crippen molar-refractivity contribution in [1.29, 1.82) is 0 Å². The molecule has 0 bridgehead atoms. The third kappa shape index (κ3) is 6.71. The molecule has 3 amide bonds. The molecule has 2 aliphatic heterocycles. The lowest BCUT2D eigenvalue weighted by molar-refractivity contribution is -0.384. The van der Waals surface area contributed by atoms with E-state index < -0.39 is 32.9 Å². The number of thiophene rings is 1. The molecule has 0 radical (unpaired) electrons. The van der Waals surface area contributed by atoms with Gasteiger partial charge in [0.2, 0.25) is 0 Å². The van der Waals surface area contributed by atoms with Gasteiger partial charge in [-0.05, 0) is 54.8 Å². The van der Waals surface area contributed by atoms with Crippen molar-refractivity contribution in [3.8, 4) is 10.4 Å². The van der Waals surface area contributed by atoms with E-state index in [2.05, 4.69) is 0 Å². The number of hydrogen-bond donors (Lipinski definition) is 0. The van der Waals surface area contributed by atoms with Crippen LogP contribution in [0.5, 0.6) is 0 Å². The molecule has 11 nitrogen and oxygen atoms in total. The molecule has 44 heavy (non-hydrogen) atoms. The molecule has 234 valence electrons. The molecule has 2 fully saturated rings. The van der Waals surface area contributed by atoms with Gasteiger partial charge in [-0.2, -0.15) is 21.6 Å². The molecule has 0 spiro atoms. The zero-order valence-electron chi connectivity index (χ0n) is 23.3. The van der Waals surface area contributed by atoms with Crippen LogP contribution in [0.2, 0.25) is 0 Å². The number of hydrogen-bond acceptors (Lipinski definition) is 8. The SMILES string of the molecule is CN(C(=O)c1ccc(-c2ccc(C(F)(F)F)cc2)s1)C1CCN(C(=O)N2CCC(OS(=O)(=O)c3ccc([N+](=O)[O-])cc3)C2)C1. The molecule has 0 aliphatic carbocycles. The second-order valence-electron chi connectivity index (χ2n) is 10.5. The first kappa shape index (κ1) is 31.4. The van der Waals surface area contributed by atoms with Crippen LogP contribution < -0.4 is 0 Å². The van der Waals surface area contributed by atoms with E-state index in [1.54, 1.807) is 29.0 Å². The Bertz CT molecular complexity index is 1660. The number of likely N-dealkylation sites (N-methyl/N-ethyl adjacent to an activating group) is 1. The van der Waals surface area contributed by atoms with Gasteiger partial charge < -0.3 is 14.7 Å². The molecular formula is C28H27F3N4O7S2. The van der Waals surface area contributed by atoms with E-state index in [-0.39, 0.29) is 54.6 Å². The number of nitrogens with zero attached hydrogens (tertiary/aromatic N) is 4. The number of halogens is 3. The third-order valence-electron chi connectivity index (χ3n) is 7.63. The molecule has 1 aromatic heterocycles. The minimum Gasteiger partial charge on any atom is -0.336 e. The van der Waals surface area contributed by atoms with Crippen molar-refractivity contribution in [2.24, 2.45) is 0 Å².